The Morgan fingerprint density at radius 3 is 2.70 bits per heavy atom. The van der Waals surface area contributed by atoms with Gasteiger partial charge in [-0.2, -0.15) is 0 Å². The Hall–Kier alpha value is -2.00. The van der Waals surface area contributed by atoms with E-state index in [1.165, 1.54) is 13.3 Å². The number of nitrogens with one attached hydrogen (secondary N) is 2. The summed E-state index contributed by atoms with van der Waals surface area (Å²) in [5.74, 6) is 0.408. The summed E-state index contributed by atoms with van der Waals surface area (Å²) < 4.78 is 1.87. The van der Waals surface area contributed by atoms with E-state index in [1.54, 1.807) is 0 Å². The molecule has 1 saturated carbocycles. The van der Waals surface area contributed by atoms with Gasteiger partial charge in [-0.25, -0.2) is 0 Å². The number of rotatable bonds is 7. The maximum Gasteiger partial charge on any atom is 0.224 e. The molecular formula is C21H34N6O3. The molecule has 3 saturated heterocycles. The number of hydrogen-bond donors (Lipinski definition) is 3. The van der Waals surface area contributed by atoms with E-state index < -0.39 is 5.60 Å². The summed E-state index contributed by atoms with van der Waals surface area (Å²) in [5, 5.41) is 25.1. The van der Waals surface area contributed by atoms with E-state index in [1.807, 2.05) is 10.9 Å². The zero-order chi connectivity index (χ0) is 21.1. The van der Waals surface area contributed by atoms with Crippen molar-refractivity contribution in [1.29, 1.82) is 0 Å². The molecule has 3 aliphatic heterocycles. The largest absolute Gasteiger partial charge is 0.383 e. The van der Waals surface area contributed by atoms with E-state index in [9.17, 15) is 14.7 Å². The Kier molecular flexibility index (Phi) is 6.38. The fraction of sp³-hybridized carbons (Fsp3) is 0.810. The highest BCUT2D eigenvalue weighted by Gasteiger charge is 2.43. The number of carbonyl (C=O) groups excluding carboxylic acids is 2. The van der Waals surface area contributed by atoms with E-state index in [0.29, 0.717) is 30.7 Å². The summed E-state index contributed by atoms with van der Waals surface area (Å²) in [6.45, 7) is 4.93. The molecule has 2 amide bonds. The van der Waals surface area contributed by atoms with Gasteiger partial charge in [-0.05, 0) is 38.1 Å². The molecule has 0 spiro atoms. The highest BCUT2D eigenvalue weighted by molar-refractivity contribution is 5.79. The molecule has 9 heteroatoms. The maximum absolute atomic E-state index is 12.6. The molecular weight excluding hydrogens is 384 g/mol. The minimum Gasteiger partial charge on any atom is -0.383 e. The lowest BCUT2D eigenvalue weighted by molar-refractivity contribution is -0.133. The van der Waals surface area contributed by atoms with Gasteiger partial charge in [0.2, 0.25) is 11.8 Å². The Labute approximate surface area is 177 Å². The number of fused-ring (bicyclic) bond motifs is 3. The molecule has 3 N–H and O–H groups in total. The van der Waals surface area contributed by atoms with E-state index in [-0.39, 0.29) is 17.7 Å². The first-order valence-corrected chi connectivity index (χ1v) is 11.3. The summed E-state index contributed by atoms with van der Waals surface area (Å²) in [5.41, 5.74) is -0.113. The second-order valence-electron chi connectivity index (χ2n) is 9.23. The first-order chi connectivity index (χ1) is 14.4. The van der Waals surface area contributed by atoms with Crippen molar-refractivity contribution in [3.05, 3.63) is 11.9 Å². The van der Waals surface area contributed by atoms with Crippen molar-refractivity contribution in [3.63, 3.8) is 0 Å². The van der Waals surface area contributed by atoms with Crippen LogP contribution in [0.25, 0.3) is 0 Å². The number of amides is 2. The summed E-state index contributed by atoms with van der Waals surface area (Å²) in [6, 6.07) is 0.350. The summed E-state index contributed by atoms with van der Waals surface area (Å²) >= 11 is 0. The van der Waals surface area contributed by atoms with E-state index >= 15 is 0 Å². The van der Waals surface area contributed by atoms with E-state index in [2.05, 4.69) is 25.8 Å². The van der Waals surface area contributed by atoms with Crippen LogP contribution >= 0.6 is 0 Å². The van der Waals surface area contributed by atoms with Gasteiger partial charge >= 0.3 is 0 Å². The molecule has 0 radical (unpaired) electrons. The molecule has 1 aliphatic carbocycles. The fourth-order valence-corrected chi connectivity index (χ4v) is 5.39. The van der Waals surface area contributed by atoms with Crippen molar-refractivity contribution in [2.75, 3.05) is 26.2 Å². The molecule has 2 bridgehead atoms. The average Bonchev–Trinajstić information content (AvgIpc) is 3.21. The lowest BCUT2D eigenvalue weighted by Gasteiger charge is -2.49. The summed E-state index contributed by atoms with van der Waals surface area (Å²) in [6.07, 6.45) is 8.72. The molecule has 4 fully saturated rings. The molecule has 4 atom stereocenters. The van der Waals surface area contributed by atoms with Crippen LogP contribution in [0.4, 0.5) is 0 Å². The number of hydrogen-bond acceptors (Lipinski definition) is 6. The second-order valence-corrected chi connectivity index (χ2v) is 9.23. The van der Waals surface area contributed by atoms with Crippen LogP contribution < -0.4 is 10.6 Å². The zero-order valence-corrected chi connectivity index (χ0v) is 17.8. The molecule has 0 aromatic carbocycles. The Morgan fingerprint density at radius 2 is 2.00 bits per heavy atom. The van der Waals surface area contributed by atoms with Gasteiger partial charge in [0.05, 0.1) is 18.7 Å². The number of nitrogens with zero attached hydrogens (tertiary/aromatic N) is 4. The third-order valence-electron chi connectivity index (χ3n) is 7.11. The third kappa shape index (κ3) is 4.67. The SMILES string of the molecule is CC(=O)NCCNC(=O)[C@H]1CN2CC[C@H]1C[C@@H]2Cn1cc(C2(O)CCCCC2)nn1. The van der Waals surface area contributed by atoms with Gasteiger partial charge in [-0.15, -0.1) is 5.10 Å². The van der Waals surface area contributed by atoms with Crippen LogP contribution in [0.5, 0.6) is 0 Å². The Balaban J connectivity index is 1.30. The van der Waals surface area contributed by atoms with E-state index in [0.717, 1.165) is 58.2 Å². The van der Waals surface area contributed by atoms with Crippen LogP contribution in [0.2, 0.25) is 0 Å². The van der Waals surface area contributed by atoms with Crippen LogP contribution in [0.1, 0.15) is 57.6 Å². The topological polar surface area (TPSA) is 112 Å². The molecule has 1 unspecified atom stereocenters. The minimum atomic E-state index is -0.817. The van der Waals surface area contributed by atoms with Gasteiger partial charge in [0.1, 0.15) is 11.3 Å². The highest BCUT2D eigenvalue weighted by Crippen LogP contribution is 2.38. The van der Waals surface area contributed by atoms with Gasteiger partial charge in [0.15, 0.2) is 0 Å². The van der Waals surface area contributed by atoms with Gasteiger partial charge in [0, 0.05) is 32.6 Å². The van der Waals surface area contributed by atoms with Crippen molar-refractivity contribution < 1.29 is 14.7 Å². The van der Waals surface area contributed by atoms with Crippen molar-refractivity contribution in [2.45, 2.75) is 70.1 Å². The second kappa shape index (κ2) is 9.01. The van der Waals surface area contributed by atoms with Crippen molar-refractivity contribution in [1.82, 2.24) is 30.5 Å². The number of aromatic nitrogens is 3. The molecule has 5 rings (SSSR count). The van der Waals surface area contributed by atoms with Gasteiger partial charge in [0.25, 0.3) is 0 Å². The van der Waals surface area contributed by atoms with Gasteiger partial charge in [-0.1, -0.05) is 24.5 Å². The van der Waals surface area contributed by atoms with Crippen molar-refractivity contribution >= 4 is 11.8 Å². The monoisotopic (exact) mass is 418 g/mol. The Morgan fingerprint density at radius 1 is 1.23 bits per heavy atom. The van der Waals surface area contributed by atoms with Crippen LogP contribution in [0.15, 0.2) is 6.20 Å². The summed E-state index contributed by atoms with van der Waals surface area (Å²) in [4.78, 5) is 25.9. The molecule has 1 aromatic heterocycles. The highest BCUT2D eigenvalue weighted by atomic mass is 16.3. The van der Waals surface area contributed by atoms with Crippen LogP contribution in [-0.2, 0) is 21.7 Å². The molecule has 166 valence electrons. The lowest BCUT2D eigenvalue weighted by atomic mass is 9.75. The van der Waals surface area contributed by atoms with Crippen LogP contribution in [-0.4, -0.2) is 69.0 Å². The van der Waals surface area contributed by atoms with Gasteiger partial charge < -0.3 is 15.7 Å². The van der Waals surface area contributed by atoms with Crippen molar-refractivity contribution in [3.8, 4) is 0 Å². The number of aliphatic hydroxyl groups is 1. The first-order valence-electron chi connectivity index (χ1n) is 11.3. The maximum atomic E-state index is 12.6. The molecule has 4 aliphatic rings. The standard InChI is InChI=1S/C21H34N6O3/c1-15(28)22-8-9-23-20(29)18-13-26-10-5-16(18)11-17(26)12-27-14-19(24-25-27)21(30)6-3-2-4-7-21/h14,16-18,30H,2-13H2,1H3,(H,22,28)(H,23,29)/t16-,17+,18-/m0/s1. The number of piperidine rings is 3. The molecule has 4 heterocycles. The minimum absolute atomic E-state index is 0.0154. The smallest absolute Gasteiger partial charge is 0.224 e. The fourth-order valence-electron chi connectivity index (χ4n) is 5.39. The van der Waals surface area contributed by atoms with E-state index in [4.69, 9.17) is 0 Å². The lowest BCUT2D eigenvalue weighted by Crippen LogP contribution is -2.58. The molecule has 1 aromatic rings. The molecule has 30 heavy (non-hydrogen) atoms. The summed E-state index contributed by atoms with van der Waals surface area (Å²) in [7, 11) is 0. The number of carbonyl (C=O) groups is 2. The third-order valence-corrected chi connectivity index (χ3v) is 7.11. The quantitative estimate of drug-likeness (QED) is 0.553. The molecule has 9 nitrogen and oxygen atoms in total. The Bertz CT molecular complexity index is 760. The van der Waals surface area contributed by atoms with Crippen LogP contribution in [0, 0.1) is 11.8 Å². The van der Waals surface area contributed by atoms with Gasteiger partial charge in [-0.3, -0.25) is 19.2 Å². The predicted molar refractivity (Wildman–Crippen MR) is 110 cm³/mol. The zero-order valence-electron chi connectivity index (χ0n) is 17.8. The van der Waals surface area contributed by atoms with Crippen molar-refractivity contribution in [2.24, 2.45) is 11.8 Å². The predicted octanol–water partition coefficient (Wildman–Crippen LogP) is 0.393. The normalized spacial score (nSPS) is 30.1. The first kappa shape index (κ1) is 21.2. The van der Waals surface area contributed by atoms with Crippen LogP contribution in [0.3, 0.4) is 0 Å². The average molecular weight is 419 g/mol.